The quantitative estimate of drug-likeness (QED) is 0.733. The monoisotopic (exact) mass is 306 g/mol. The van der Waals surface area contributed by atoms with Gasteiger partial charge >= 0.3 is 0 Å². The molecule has 0 unspecified atom stereocenters. The summed E-state index contributed by atoms with van der Waals surface area (Å²) < 4.78 is 0. The first-order valence-electron chi connectivity index (χ1n) is 7.22. The molecule has 0 heterocycles. The number of anilines is 1. The molecule has 1 N–H and O–H groups in total. The molecule has 0 aromatic heterocycles. The number of nitrogens with zero attached hydrogens (tertiary/aromatic N) is 1. The Bertz CT molecular complexity index is 537. The van der Waals surface area contributed by atoms with Gasteiger partial charge in [0.05, 0.1) is 10.7 Å². The van der Waals surface area contributed by atoms with Crippen LogP contribution in [0.5, 0.6) is 0 Å². The average molecular weight is 307 g/mol. The van der Waals surface area contributed by atoms with Gasteiger partial charge in [0.2, 0.25) is 0 Å². The lowest BCUT2D eigenvalue weighted by molar-refractivity contribution is -0.114. The molecule has 0 aliphatic heterocycles. The van der Waals surface area contributed by atoms with Crippen molar-refractivity contribution >= 4 is 23.2 Å². The van der Waals surface area contributed by atoms with Gasteiger partial charge in [-0.15, -0.1) is 0 Å². The summed E-state index contributed by atoms with van der Waals surface area (Å²) in [6.45, 7) is 10.8. The molecule has 3 nitrogen and oxygen atoms in total. The lowest BCUT2D eigenvalue weighted by Gasteiger charge is -2.27. The van der Waals surface area contributed by atoms with E-state index in [-0.39, 0.29) is 5.91 Å². The van der Waals surface area contributed by atoms with Crippen molar-refractivity contribution in [1.29, 1.82) is 0 Å². The van der Waals surface area contributed by atoms with Crippen molar-refractivity contribution in [2.24, 2.45) is 0 Å². The fraction of sp³-hybridized carbons (Fsp3) is 0.353. The number of hydrogen-bond donors (Lipinski definition) is 1. The Morgan fingerprint density at radius 2 is 2.05 bits per heavy atom. The number of amides is 1. The molecule has 0 fully saturated rings. The fourth-order valence-corrected chi connectivity index (χ4v) is 2.20. The van der Waals surface area contributed by atoms with Crippen molar-refractivity contribution < 1.29 is 4.79 Å². The average Bonchev–Trinajstić information content (AvgIpc) is 2.48. The Morgan fingerprint density at radius 1 is 1.38 bits per heavy atom. The second-order valence-corrected chi connectivity index (χ2v) is 5.09. The summed E-state index contributed by atoms with van der Waals surface area (Å²) in [4.78, 5) is 14.5. The summed E-state index contributed by atoms with van der Waals surface area (Å²) in [6, 6.07) is 7.20. The van der Waals surface area contributed by atoms with Gasteiger partial charge in [-0.25, -0.2) is 0 Å². The number of benzene rings is 1. The number of para-hydroxylation sites is 1. The summed E-state index contributed by atoms with van der Waals surface area (Å²) in [7, 11) is 0. The molecule has 0 spiro atoms. The highest BCUT2D eigenvalue weighted by molar-refractivity contribution is 6.33. The molecule has 1 aromatic carbocycles. The lowest BCUT2D eigenvalue weighted by Crippen LogP contribution is -2.30. The number of carbonyl (C=O) groups is 1. The minimum Gasteiger partial charge on any atom is -0.342 e. The van der Waals surface area contributed by atoms with E-state index in [0.717, 1.165) is 25.1 Å². The molecule has 0 aliphatic rings. The maximum atomic E-state index is 12.5. The zero-order valence-corrected chi connectivity index (χ0v) is 13.7. The largest absolute Gasteiger partial charge is 0.342 e. The number of carbonyl (C=O) groups excluding carboxylic acids is 1. The summed E-state index contributed by atoms with van der Waals surface area (Å²) in [5.41, 5.74) is 2.14. The van der Waals surface area contributed by atoms with Crippen LogP contribution in [0, 0.1) is 0 Å². The van der Waals surface area contributed by atoms with Crippen LogP contribution in [0.25, 0.3) is 0 Å². The van der Waals surface area contributed by atoms with Gasteiger partial charge in [-0.2, -0.15) is 0 Å². The van der Waals surface area contributed by atoms with Crippen LogP contribution >= 0.6 is 11.6 Å². The van der Waals surface area contributed by atoms with Gasteiger partial charge in [0, 0.05) is 12.2 Å². The number of rotatable bonds is 7. The first-order chi connectivity index (χ1) is 10.0. The van der Waals surface area contributed by atoms with E-state index in [2.05, 4.69) is 18.8 Å². The van der Waals surface area contributed by atoms with Crippen LogP contribution in [0.1, 0.15) is 33.6 Å². The molecule has 0 saturated heterocycles. The Kier molecular flexibility index (Phi) is 7.03. The topological polar surface area (TPSA) is 32.3 Å². The normalized spacial score (nSPS) is 11.1. The van der Waals surface area contributed by atoms with Crippen LogP contribution < -0.4 is 5.32 Å². The first kappa shape index (κ1) is 17.3. The van der Waals surface area contributed by atoms with Gasteiger partial charge in [0.15, 0.2) is 0 Å². The van der Waals surface area contributed by atoms with Gasteiger partial charge < -0.3 is 10.2 Å². The Balaban J connectivity index is 2.95. The SMILES string of the molecule is C=C(CC)N(CCC)/C(=C\C)C(=O)Nc1ccccc1Cl. The molecule has 0 saturated carbocycles. The highest BCUT2D eigenvalue weighted by atomic mass is 35.5. The van der Waals surface area contributed by atoms with Gasteiger partial charge in [0.25, 0.3) is 5.91 Å². The zero-order chi connectivity index (χ0) is 15.8. The van der Waals surface area contributed by atoms with E-state index in [9.17, 15) is 4.79 Å². The number of nitrogens with one attached hydrogen (secondary N) is 1. The van der Waals surface area contributed by atoms with Crippen LogP contribution in [-0.2, 0) is 4.79 Å². The second kappa shape index (κ2) is 8.53. The van der Waals surface area contributed by atoms with Crippen molar-refractivity contribution in [3.8, 4) is 0 Å². The predicted molar refractivity (Wildman–Crippen MR) is 90.3 cm³/mol. The van der Waals surface area contributed by atoms with E-state index in [1.165, 1.54) is 0 Å². The number of allylic oxidation sites excluding steroid dienone is 2. The maximum Gasteiger partial charge on any atom is 0.271 e. The minimum absolute atomic E-state index is 0.173. The highest BCUT2D eigenvalue weighted by Gasteiger charge is 2.18. The number of halogens is 1. The van der Waals surface area contributed by atoms with Crippen molar-refractivity contribution in [1.82, 2.24) is 4.90 Å². The summed E-state index contributed by atoms with van der Waals surface area (Å²) >= 11 is 6.08. The third-order valence-corrected chi connectivity index (χ3v) is 3.49. The number of hydrogen-bond acceptors (Lipinski definition) is 2. The van der Waals surface area contributed by atoms with Crippen molar-refractivity contribution in [3.05, 3.63) is 53.3 Å². The van der Waals surface area contributed by atoms with Crippen LogP contribution in [-0.4, -0.2) is 17.4 Å². The van der Waals surface area contributed by atoms with Gasteiger partial charge in [-0.05, 0) is 31.9 Å². The van der Waals surface area contributed by atoms with Gasteiger partial charge in [-0.1, -0.05) is 50.2 Å². The molecular weight excluding hydrogens is 284 g/mol. The van der Waals surface area contributed by atoms with Gasteiger partial charge in [-0.3, -0.25) is 4.79 Å². The van der Waals surface area contributed by atoms with Gasteiger partial charge in [0.1, 0.15) is 5.70 Å². The molecule has 1 aromatic rings. The molecule has 0 atom stereocenters. The first-order valence-corrected chi connectivity index (χ1v) is 7.60. The predicted octanol–water partition coefficient (Wildman–Crippen LogP) is 4.82. The van der Waals surface area contributed by atoms with Crippen molar-refractivity contribution in [2.75, 3.05) is 11.9 Å². The summed E-state index contributed by atoms with van der Waals surface area (Å²) in [5.74, 6) is -0.173. The lowest BCUT2D eigenvalue weighted by atomic mass is 10.2. The fourth-order valence-electron chi connectivity index (χ4n) is 2.02. The highest BCUT2D eigenvalue weighted by Crippen LogP contribution is 2.23. The van der Waals surface area contributed by atoms with E-state index < -0.39 is 0 Å². The van der Waals surface area contributed by atoms with E-state index in [0.29, 0.717) is 16.4 Å². The third-order valence-electron chi connectivity index (χ3n) is 3.16. The van der Waals surface area contributed by atoms with E-state index in [1.54, 1.807) is 12.1 Å². The van der Waals surface area contributed by atoms with E-state index in [1.807, 2.05) is 37.0 Å². The maximum absolute atomic E-state index is 12.5. The standard InChI is InChI=1S/C17H23ClN2O/c1-5-12-20(13(4)6-2)16(7-3)17(21)19-15-11-9-8-10-14(15)18/h7-11H,4-6,12H2,1-3H3,(H,19,21)/b16-7-. The third kappa shape index (κ3) is 4.64. The van der Waals surface area contributed by atoms with Crippen LogP contribution in [0.4, 0.5) is 5.69 Å². The second-order valence-electron chi connectivity index (χ2n) is 4.68. The molecule has 0 aliphatic carbocycles. The molecule has 4 heteroatoms. The molecule has 21 heavy (non-hydrogen) atoms. The Morgan fingerprint density at radius 3 is 2.57 bits per heavy atom. The summed E-state index contributed by atoms with van der Waals surface area (Å²) in [5, 5.41) is 3.38. The van der Waals surface area contributed by atoms with Crippen molar-refractivity contribution in [2.45, 2.75) is 33.6 Å². The van der Waals surface area contributed by atoms with E-state index >= 15 is 0 Å². The molecule has 1 rings (SSSR count). The minimum atomic E-state index is -0.173. The Labute approximate surface area is 132 Å². The van der Waals surface area contributed by atoms with Crippen LogP contribution in [0.3, 0.4) is 0 Å². The molecule has 0 bridgehead atoms. The van der Waals surface area contributed by atoms with Crippen molar-refractivity contribution in [3.63, 3.8) is 0 Å². The Hall–Kier alpha value is -1.74. The van der Waals surface area contributed by atoms with Crippen LogP contribution in [0.15, 0.2) is 48.3 Å². The summed E-state index contributed by atoms with van der Waals surface area (Å²) in [6.07, 6.45) is 3.55. The van der Waals surface area contributed by atoms with E-state index in [4.69, 9.17) is 11.6 Å². The smallest absolute Gasteiger partial charge is 0.271 e. The molecule has 114 valence electrons. The molecule has 0 radical (unpaired) electrons. The van der Waals surface area contributed by atoms with Crippen LogP contribution in [0.2, 0.25) is 5.02 Å². The zero-order valence-electron chi connectivity index (χ0n) is 12.9. The molecule has 1 amide bonds. The molecular formula is C17H23ClN2O.